The maximum atomic E-state index is 12.8. The molecule has 0 aromatic heterocycles. The van der Waals surface area contributed by atoms with E-state index in [9.17, 15) is 14.4 Å². The average molecular weight is 387 g/mol. The molecule has 0 aliphatic carbocycles. The van der Waals surface area contributed by atoms with Crippen molar-refractivity contribution in [1.29, 1.82) is 0 Å². The van der Waals surface area contributed by atoms with Gasteiger partial charge in [0.25, 0.3) is 5.91 Å². The quantitative estimate of drug-likeness (QED) is 0.602. The molecular formula is C17H20Cl2N2O4. The molecule has 0 saturated carbocycles. The van der Waals surface area contributed by atoms with Crippen molar-refractivity contribution >= 4 is 41.0 Å². The van der Waals surface area contributed by atoms with Crippen LogP contribution in [0.2, 0.25) is 10.0 Å². The zero-order valence-electron chi connectivity index (χ0n) is 13.9. The van der Waals surface area contributed by atoms with Gasteiger partial charge < -0.3 is 15.0 Å². The predicted molar refractivity (Wildman–Crippen MR) is 94.8 cm³/mol. The highest BCUT2D eigenvalue weighted by molar-refractivity contribution is 6.36. The predicted octanol–water partition coefficient (Wildman–Crippen LogP) is 2.67. The summed E-state index contributed by atoms with van der Waals surface area (Å²) in [7, 11) is 0. The molecule has 1 heterocycles. The van der Waals surface area contributed by atoms with Crippen LogP contribution >= 0.6 is 23.2 Å². The molecule has 1 saturated heterocycles. The van der Waals surface area contributed by atoms with Gasteiger partial charge in [-0.15, -0.1) is 0 Å². The first-order chi connectivity index (χ1) is 11.9. The largest absolute Gasteiger partial charge is 0.466 e. The standard InChI is InChI=1S/C17H20Cl2N2O4/c1-2-3-8-25-15(22)10-14-16(23)20-6-7-21(14)17(24)12-5-4-11(18)9-13(12)19/h4-5,9,14H,2-3,6-8,10H2,1H3,(H,20,23). The maximum absolute atomic E-state index is 12.8. The second kappa shape index (κ2) is 9.06. The highest BCUT2D eigenvalue weighted by Gasteiger charge is 2.36. The van der Waals surface area contributed by atoms with Crippen LogP contribution in [0.4, 0.5) is 0 Å². The number of unbranched alkanes of at least 4 members (excludes halogenated alkanes) is 1. The topological polar surface area (TPSA) is 75.7 Å². The second-order valence-electron chi connectivity index (χ2n) is 5.71. The smallest absolute Gasteiger partial charge is 0.308 e. The van der Waals surface area contributed by atoms with Crippen LogP contribution in [0.15, 0.2) is 18.2 Å². The highest BCUT2D eigenvalue weighted by atomic mass is 35.5. The van der Waals surface area contributed by atoms with E-state index in [2.05, 4.69) is 5.32 Å². The van der Waals surface area contributed by atoms with E-state index in [1.807, 2.05) is 6.92 Å². The summed E-state index contributed by atoms with van der Waals surface area (Å²) >= 11 is 11.9. The number of carbonyl (C=O) groups is 3. The van der Waals surface area contributed by atoms with Crippen molar-refractivity contribution in [2.24, 2.45) is 0 Å². The van der Waals surface area contributed by atoms with Gasteiger partial charge in [0.2, 0.25) is 5.91 Å². The molecule has 1 unspecified atom stereocenters. The molecule has 2 amide bonds. The lowest BCUT2D eigenvalue weighted by molar-refractivity contribution is -0.147. The van der Waals surface area contributed by atoms with E-state index in [-0.39, 0.29) is 29.5 Å². The lowest BCUT2D eigenvalue weighted by Crippen LogP contribution is -2.57. The molecular weight excluding hydrogens is 367 g/mol. The van der Waals surface area contributed by atoms with Gasteiger partial charge in [-0.2, -0.15) is 0 Å². The molecule has 1 aromatic carbocycles. The summed E-state index contributed by atoms with van der Waals surface area (Å²) in [5.41, 5.74) is 0.241. The first kappa shape index (κ1) is 19.5. The van der Waals surface area contributed by atoms with Gasteiger partial charge in [0.1, 0.15) is 6.04 Å². The van der Waals surface area contributed by atoms with Crippen LogP contribution in [-0.2, 0) is 14.3 Å². The minimum atomic E-state index is -0.915. The van der Waals surface area contributed by atoms with Crippen molar-refractivity contribution in [1.82, 2.24) is 10.2 Å². The van der Waals surface area contributed by atoms with E-state index < -0.39 is 17.9 Å². The minimum Gasteiger partial charge on any atom is -0.466 e. The van der Waals surface area contributed by atoms with Gasteiger partial charge in [-0.1, -0.05) is 36.5 Å². The summed E-state index contributed by atoms with van der Waals surface area (Å²) in [4.78, 5) is 38.3. The zero-order valence-corrected chi connectivity index (χ0v) is 15.4. The van der Waals surface area contributed by atoms with Crippen molar-refractivity contribution in [2.45, 2.75) is 32.2 Å². The summed E-state index contributed by atoms with van der Waals surface area (Å²) in [6.07, 6.45) is 1.47. The molecule has 0 spiro atoms. The first-order valence-electron chi connectivity index (χ1n) is 8.13. The Labute approximate surface area is 156 Å². The van der Waals surface area contributed by atoms with Gasteiger partial charge in [-0.05, 0) is 24.6 Å². The molecule has 8 heteroatoms. The second-order valence-corrected chi connectivity index (χ2v) is 6.55. The molecule has 6 nitrogen and oxygen atoms in total. The number of esters is 1. The number of benzene rings is 1. The van der Waals surface area contributed by atoms with Crippen molar-refractivity contribution < 1.29 is 19.1 Å². The van der Waals surface area contributed by atoms with Gasteiger partial charge >= 0.3 is 5.97 Å². The Morgan fingerprint density at radius 2 is 2.12 bits per heavy atom. The molecule has 1 atom stereocenters. The van der Waals surface area contributed by atoms with Crippen LogP contribution in [0, 0.1) is 0 Å². The number of ether oxygens (including phenoxy) is 1. The van der Waals surface area contributed by atoms with Crippen molar-refractivity contribution in [3.63, 3.8) is 0 Å². The molecule has 25 heavy (non-hydrogen) atoms. The molecule has 1 aliphatic rings. The van der Waals surface area contributed by atoms with E-state index >= 15 is 0 Å². The van der Waals surface area contributed by atoms with Crippen molar-refractivity contribution in [2.75, 3.05) is 19.7 Å². The molecule has 1 fully saturated rings. The van der Waals surface area contributed by atoms with Crippen LogP contribution in [0.3, 0.4) is 0 Å². The zero-order chi connectivity index (χ0) is 18.4. The van der Waals surface area contributed by atoms with E-state index in [4.69, 9.17) is 27.9 Å². The van der Waals surface area contributed by atoms with Gasteiger partial charge in [0, 0.05) is 18.1 Å². The fourth-order valence-electron chi connectivity index (χ4n) is 2.53. The number of carbonyl (C=O) groups excluding carboxylic acids is 3. The number of nitrogens with one attached hydrogen (secondary N) is 1. The summed E-state index contributed by atoms with van der Waals surface area (Å²) in [5.74, 6) is -1.30. The van der Waals surface area contributed by atoms with Gasteiger partial charge in [0.15, 0.2) is 0 Å². The summed E-state index contributed by atoms with van der Waals surface area (Å²) in [6, 6.07) is 3.62. The molecule has 1 aliphatic heterocycles. The Morgan fingerprint density at radius 3 is 2.80 bits per heavy atom. The van der Waals surface area contributed by atoms with E-state index in [1.165, 1.54) is 17.0 Å². The number of piperazine rings is 1. The normalized spacial score (nSPS) is 17.2. The Balaban J connectivity index is 2.14. The maximum Gasteiger partial charge on any atom is 0.308 e. The molecule has 136 valence electrons. The number of hydrogen-bond acceptors (Lipinski definition) is 4. The fourth-order valence-corrected chi connectivity index (χ4v) is 3.01. The Kier molecular flexibility index (Phi) is 7.08. The van der Waals surface area contributed by atoms with Crippen molar-refractivity contribution in [3.8, 4) is 0 Å². The third-order valence-electron chi connectivity index (χ3n) is 3.87. The van der Waals surface area contributed by atoms with E-state index in [0.717, 1.165) is 12.8 Å². The van der Waals surface area contributed by atoms with Crippen molar-refractivity contribution in [3.05, 3.63) is 33.8 Å². The molecule has 1 aromatic rings. The Morgan fingerprint density at radius 1 is 1.36 bits per heavy atom. The number of hydrogen-bond donors (Lipinski definition) is 1. The van der Waals surface area contributed by atoms with Crippen LogP contribution < -0.4 is 5.32 Å². The molecule has 0 radical (unpaired) electrons. The number of halogens is 2. The molecule has 2 rings (SSSR count). The van der Waals surface area contributed by atoms with Crippen LogP contribution in [0.1, 0.15) is 36.5 Å². The third-order valence-corrected chi connectivity index (χ3v) is 4.42. The van der Waals surface area contributed by atoms with Gasteiger partial charge in [0.05, 0.1) is 23.6 Å². The SMILES string of the molecule is CCCCOC(=O)CC1C(=O)NCCN1C(=O)c1ccc(Cl)cc1Cl. The molecule has 0 bridgehead atoms. The lowest BCUT2D eigenvalue weighted by atomic mass is 10.1. The summed E-state index contributed by atoms with van der Waals surface area (Å²) in [6.45, 7) is 2.90. The monoisotopic (exact) mass is 386 g/mol. The van der Waals surface area contributed by atoms with E-state index in [0.29, 0.717) is 18.2 Å². The van der Waals surface area contributed by atoms with Crippen LogP contribution in [0.5, 0.6) is 0 Å². The highest BCUT2D eigenvalue weighted by Crippen LogP contribution is 2.24. The first-order valence-corrected chi connectivity index (χ1v) is 8.89. The fraction of sp³-hybridized carbons (Fsp3) is 0.471. The minimum absolute atomic E-state index is 0.188. The molecule has 1 N–H and O–H groups in total. The van der Waals surface area contributed by atoms with E-state index in [1.54, 1.807) is 6.07 Å². The number of nitrogens with zero attached hydrogens (tertiary/aromatic N) is 1. The number of amides is 2. The number of rotatable bonds is 6. The average Bonchev–Trinajstić information content (AvgIpc) is 2.56. The van der Waals surface area contributed by atoms with Gasteiger partial charge in [-0.25, -0.2) is 0 Å². The van der Waals surface area contributed by atoms with Gasteiger partial charge in [-0.3, -0.25) is 14.4 Å². The Hall–Kier alpha value is -1.79. The van der Waals surface area contributed by atoms with Crippen LogP contribution in [-0.4, -0.2) is 48.4 Å². The third kappa shape index (κ3) is 5.09. The van der Waals surface area contributed by atoms with Crippen LogP contribution in [0.25, 0.3) is 0 Å². The summed E-state index contributed by atoms with van der Waals surface area (Å²) < 4.78 is 5.11. The Bertz CT molecular complexity index is 666. The summed E-state index contributed by atoms with van der Waals surface area (Å²) in [5, 5.41) is 3.28. The lowest BCUT2D eigenvalue weighted by Gasteiger charge is -2.34.